The molecule has 0 amide bonds. The standard InChI is InChI=1S/C62H32F12N6/c1-75-49-33-55(80-51-19-11-9-17-43(51)45-25-21-37(29-53(45)80)41-27-23-39(60(66,67)68)31-48(41)62(72,73)74)54(32-46(49)58-77-56(34-12-4-2-5-13-34)76-57(78-58)35-14-6-3-7-15-35)79-50-18-10-8-16-42(50)44-24-20-36(28-52(44)79)40-26-22-38(59(63,64)65)30-47(40)61(69,70)71/h2-33H. The van der Waals surface area contributed by atoms with Gasteiger partial charge in [0.2, 0.25) is 0 Å². The number of fused-ring (bicyclic) bond motifs is 6. The Morgan fingerprint density at radius 3 is 1.12 bits per heavy atom. The van der Waals surface area contributed by atoms with Crippen LogP contribution >= 0.6 is 0 Å². The van der Waals surface area contributed by atoms with Crippen molar-refractivity contribution in [3.63, 3.8) is 0 Å². The van der Waals surface area contributed by atoms with Gasteiger partial charge in [0, 0.05) is 38.2 Å². The van der Waals surface area contributed by atoms with Crippen molar-refractivity contribution < 1.29 is 52.7 Å². The zero-order valence-electron chi connectivity index (χ0n) is 40.7. The lowest BCUT2D eigenvalue weighted by Gasteiger charge is -2.20. The largest absolute Gasteiger partial charge is 0.417 e. The third-order valence-corrected chi connectivity index (χ3v) is 13.9. The number of benzene rings is 9. The Balaban J connectivity index is 1.21. The van der Waals surface area contributed by atoms with Crippen molar-refractivity contribution in [1.82, 2.24) is 24.1 Å². The van der Waals surface area contributed by atoms with Crippen molar-refractivity contribution >= 4 is 49.3 Å². The van der Waals surface area contributed by atoms with Gasteiger partial charge in [-0.25, -0.2) is 19.8 Å². The maximum atomic E-state index is 14.9. The van der Waals surface area contributed by atoms with Gasteiger partial charge in [-0.1, -0.05) is 133 Å². The zero-order valence-corrected chi connectivity index (χ0v) is 40.7. The van der Waals surface area contributed by atoms with Crippen molar-refractivity contribution in [2.24, 2.45) is 0 Å². The Morgan fingerprint density at radius 2 is 0.713 bits per heavy atom. The van der Waals surface area contributed by atoms with Gasteiger partial charge in [-0.15, -0.1) is 0 Å². The van der Waals surface area contributed by atoms with Crippen molar-refractivity contribution in [2.75, 3.05) is 0 Å². The molecule has 0 radical (unpaired) electrons. The van der Waals surface area contributed by atoms with Crippen LogP contribution in [0.5, 0.6) is 0 Å². The molecule has 0 N–H and O–H groups in total. The normalized spacial score (nSPS) is 12.5. The molecule has 0 aliphatic carbocycles. The van der Waals surface area contributed by atoms with E-state index in [4.69, 9.17) is 21.5 Å². The monoisotopic (exact) mass is 1090 g/mol. The third-order valence-electron chi connectivity index (χ3n) is 13.9. The van der Waals surface area contributed by atoms with E-state index < -0.39 is 58.1 Å². The van der Waals surface area contributed by atoms with E-state index in [1.54, 1.807) is 137 Å². The van der Waals surface area contributed by atoms with Crippen LogP contribution in [0.4, 0.5) is 58.4 Å². The first-order valence-electron chi connectivity index (χ1n) is 24.2. The summed E-state index contributed by atoms with van der Waals surface area (Å²) in [5, 5.41) is 2.11. The van der Waals surface area contributed by atoms with Crippen LogP contribution < -0.4 is 0 Å². The molecule has 0 bridgehead atoms. The first kappa shape index (κ1) is 51.0. The lowest BCUT2D eigenvalue weighted by Crippen LogP contribution is -2.12. The highest BCUT2D eigenvalue weighted by Gasteiger charge is 2.40. The molecule has 3 aromatic heterocycles. The molecule has 9 aromatic carbocycles. The highest BCUT2D eigenvalue weighted by atomic mass is 19.4. The van der Waals surface area contributed by atoms with E-state index in [1.807, 2.05) is 0 Å². The van der Waals surface area contributed by atoms with Crippen molar-refractivity contribution in [3.8, 4) is 67.8 Å². The Labute approximate surface area is 444 Å². The predicted octanol–water partition coefficient (Wildman–Crippen LogP) is 19.0. The van der Waals surface area contributed by atoms with Gasteiger partial charge in [-0.3, -0.25) is 0 Å². The molecule has 0 unspecified atom stereocenters. The average Bonchev–Trinajstić information content (AvgIpc) is 4.08. The van der Waals surface area contributed by atoms with E-state index in [-0.39, 0.29) is 74.4 Å². The molecule has 394 valence electrons. The summed E-state index contributed by atoms with van der Waals surface area (Å²) < 4.78 is 176. The highest BCUT2D eigenvalue weighted by molar-refractivity contribution is 6.13. The molecule has 0 atom stereocenters. The molecule has 6 nitrogen and oxygen atoms in total. The number of para-hydroxylation sites is 2. The van der Waals surface area contributed by atoms with Crippen LogP contribution in [-0.2, 0) is 24.7 Å². The summed E-state index contributed by atoms with van der Waals surface area (Å²) in [6.45, 7) is 8.75. The summed E-state index contributed by atoms with van der Waals surface area (Å²) in [6, 6.07) is 46.3. The molecule has 80 heavy (non-hydrogen) atoms. The maximum absolute atomic E-state index is 14.9. The highest BCUT2D eigenvalue weighted by Crippen LogP contribution is 2.48. The zero-order chi connectivity index (χ0) is 56.0. The molecule has 12 rings (SSSR count). The molecule has 0 saturated carbocycles. The van der Waals surface area contributed by atoms with Gasteiger partial charge in [0.25, 0.3) is 0 Å². The van der Waals surface area contributed by atoms with Gasteiger partial charge >= 0.3 is 24.7 Å². The van der Waals surface area contributed by atoms with Crippen molar-refractivity contribution in [2.45, 2.75) is 24.7 Å². The van der Waals surface area contributed by atoms with Gasteiger partial charge in [-0.05, 0) is 82.9 Å². The van der Waals surface area contributed by atoms with E-state index in [2.05, 4.69) is 4.85 Å². The van der Waals surface area contributed by atoms with Crippen LogP contribution in [0.15, 0.2) is 194 Å². The molecule has 0 aliphatic heterocycles. The summed E-state index contributed by atoms with van der Waals surface area (Å²) in [7, 11) is 0. The molecule has 12 aromatic rings. The molecule has 0 aliphatic rings. The minimum absolute atomic E-state index is 0.0176. The Hall–Kier alpha value is -9.76. The third kappa shape index (κ3) is 8.90. The summed E-state index contributed by atoms with van der Waals surface area (Å²) in [5.41, 5.74) is -4.38. The lowest BCUT2D eigenvalue weighted by atomic mass is 9.96. The Bertz CT molecular complexity index is 4430. The van der Waals surface area contributed by atoms with E-state index in [9.17, 15) is 52.7 Å². The minimum Gasteiger partial charge on any atom is -0.308 e. The van der Waals surface area contributed by atoms with Gasteiger partial charge in [0.1, 0.15) is 0 Å². The first-order chi connectivity index (χ1) is 38.2. The van der Waals surface area contributed by atoms with Gasteiger partial charge in [-0.2, -0.15) is 52.7 Å². The van der Waals surface area contributed by atoms with E-state index >= 15 is 0 Å². The van der Waals surface area contributed by atoms with Gasteiger partial charge < -0.3 is 9.13 Å². The fourth-order valence-corrected chi connectivity index (χ4v) is 10.3. The number of halogens is 12. The summed E-state index contributed by atoms with van der Waals surface area (Å²) in [5.74, 6) is 0.473. The fourth-order valence-electron chi connectivity index (χ4n) is 10.3. The summed E-state index contributed by atoms with van der Waals surface area (Å²) in [6.07, 6.45) is -20.7. The molecule has 0 spiro atoms. The maximum Gasteiger partial charge on any atom is 0.417 e. The van der Waals surface area contributed by atoms with Gasteiger partial charge in [0.15, 0.2) is 23.2 Å². The topological polar surface area (TPSA) is 52.9 Å². The van der Waals surface area contributed by atoms with Crippen LogP contribution in [0, 0.1) is 6.57 Å². The van der Waals surface area contributed by atoms with Crippen LogP contribution in [-0.4, -0.2) is 24.1 Å². The van der Waals surface area contributed by atoms with Crippen LogP contribution in [0.1, 0.15) is 22.3 Å². The Kier molecular flexibility index (Phi) is 11.9. The summed E-state index contributed by atoms with van der Waals surface area (Å²) >= 11 is 0. The van der Waals surface area contributed by atoms with E-state index in [1.165, 1.54) is 30.3 Å². The van der Waals surface area contributed by atoms with Crippen LogP contribution in [0.25, 0.3) is 116 Å². The van der Waals surface area contributed by atoms with E-state index in [0.717, 1.165) is 12.1 Å². The number of nitrogens with zero attached hydrogens (tertiary/aromatic N) is 6. The molecular weight excluding hydrogens is 1060 g/mol. The number of alkyl halides is 12. The Morgan fingerprint density at radius 1 is 0.325 bits per heavy atom. The molecule has 18 heteroatoms. The fraction of sp³-hybridized carbons (Fsp3) is 0.0645. The van der Waals surface area contributed by atoms with E-state index in [0.29, 0.717) is 55.8 Å². The quantitative estimate of drug-likeness (QED) is 0.118. The van der Waals surface area contributed by atoms with Crippen molar-refractivity contribution in [1.29, 1.82) is 0 Å². The molecular formula is C62H32F12N6. The smallest absolute Gasteiger partial charge is 0.308 e. The van der Waals surface area contributed by atoms with Crippen molar-refractivity contribution in [3.05, 3.63) is 228 Å². The van der Waals surface area contributed by atoms with Crippen LogP contribution in [0.3, 0.4) is 0 Å². The second-order valence-corrected chi connectivity index (χ2v) is 18.7. The number of hydrogen-bond donors (Lipinski definition) is 0. The average molecular weight is 1090 g/mol. The second-order valence-electron chi connectivity index (χ2n) is 18.7. The lowest BCUT2D eigenvalue weighted by molar-refractivity contribution is -0.144. The first-order valence-corrected chi connectivity index (χ1v) is 24.2. The minimum atomic E-state index is -5.24. The van der Waals surface area contributed by atoms with Crippen LogP contribution in [0.2, 0.25) is 0 Å². The molecule has 0 saturated heterocycles. The predicted molar refractivity (Wildman–Crippen MR) is 282 cm³/mol. The second kappa shape index (κ2) is 18.7. The van der Waals surface area contributed by atoms with Gasteiger partial charge in [0.05, 0.1) is 62.3 Å². The molecule has 0 fully saturated rings. The molecule has 3 heterocycles. The number of rotatable bonds is 7. The SMILES string of the molecule is [C-]#[N+]c1cc(-n2c3ccccc3c3ccc(-c4ccc(C(F)(F)F)cc4C(F)(F)F)cc32)c(-n2c3ccccc3c3ccc(-c4ccc(C(F)(F)F)cc4C(F)(F)F)cc32)cc1-c1nc(-c2ccccc2)nc(-c2ccccc2)n1. The number of hydrogen-bond acceptors (Lipinski definition) is 3. The summed E-state index contributed by atoms with van der Waals surface area (Å²) in [4.78, 5) is 18.7. The number of aromatic nitrogens is 5.